The molecule has 0 fully saturated rings. The maximum Gasteiger partial charge on any atom is 0.254 e. The van der Waals surface area contributed by atoms with Gasteiger partial charge >= 0.3 is 0 Å². The van der Waals surface area contributed by atoms with Crippen LogP contribution in [0.5, 0.6) is 5.75 Å². The molecule has 0 aliphatic carbocycles. The first-order valence-electron chi connectivity index (χ1n) is 7.89. The summed E-state index contributed by atoms with van der Waals surface area (Å²) < 4.78 is 0. The molecule has 0 saturated heterocycles. The van der Waals surface area contributed by atoms with Crippen LogP contribution in [0.2, 0.25) is 0 Å². The van der Waals surface area contributed by atoms with Crippen LogP contribution in [0.1, 0.15) is 34.3 Å². The van der Waals surface area contributed by atoms with E-state index in [0.717, 1.165) is 49.9 Å². The standard InChI is InChI=1S/C19H21NO2/c21-17-10-11-18-16(14-17)9-5-13-20(19(18)22)12-4-8-15-6-2-1-3-7-15/h1-3,6-7,10-11,14,21H,4-5,8-9,12-13H2. The molecule has 0 radical (unpaired) electrons. The van der Waals surface area contributed by atoms with Crippen molar-refractivity contribution in [1.82, 2.24) is 4.90 Å². The highest BCUT2D eigenvalue weighted by atomic mass is 16.3. The van der Waals surface area contributed by atoms with E-state index in [2.05, 4.69) is 24.3 Å². The number of carbonyl (C=O) groups is 1. The molecule has 0 unspecified atom stereocenters. The highest BCUT2D eigenvalue weighted by Gasteiger charge is 2.22. The lowest BCUT2D eigenvalue weighted by molar-refractivity contribution is 0.0759. The van der Waals surface area contributed by atoms with Crippen molar-refractivity contribution in [2.75, 3.05) is 13.1 Å². The Kier molecular flexibility index (Phi) is 4.42. The molecule has 0 spiro atoms. The number of amides is 1. The van der Waals surface area contributed by atoms with Crippen molar-refractivity contribution in [2.45, 2.75) is 25.7 Å². The van der Waals surface area contributed by atoms with Crippen LogP contribution in [0, 0.1) is 0 Å². The van der Waals surface area contributed by atoms with E-state index in [1.54, 1.807) is 18.2 Å². The van der Waals surface area contributed by atoms with Crippen molar-refractivity contribution in [3.63, 3.8) is 0 Å². The second-order valence-corrected chi connectivity index (χ2v) is 5.83. The Labute approximate surface area is 131 Å². The van der Waals surface area contributed by atoms with Crippen molar-refractivity contribution < 1.29 is 9.90 Å². The summed E-state index contributed by atoms with van der Waals surface area (Å²) in [5.74, 6) is 0.338. The van der Waals surface area contributed by atoms with Gasteiger partial charge in [0, 0.05) is 18.7 Å². The quantitative estimate of drug-likeness (QED) is 0.939. The van der Waals surface area contributed by atoms with Crippen molar-refractivity contribution >= 4 is 5.91 Å². The molecule has 2 aromatic carbocycles. The maximum absolute atomic E-state index is 12.6. The number of benzene rings is 2. The molecular formula is C19H21NO2. The molecule has 0 aromatic heterocycles. The Morgan fingerprint density at radius 2 is 1.91 bits per heavy atom. The summed E-state index contributed by atoms with van der Waals surface area (Å²) >= 11 is 0. The van der Waals surface area contributed by atoms with Crippen molar-refractivity contribution in [3.05, 3.63) is 65.2 Å². The fraction of sp³-hybridized carbons (Fsp3) is 0.316. The lowest BCUT2D eigenvalue weighted by Gasteiger charge is -2.21. The average Bonchev–Trinajstić information content (AvgIpc) is 2.68. The van der Waals surface area contributed by atoms with E-state index < -0.39 is 0 Å². The molecule has 3 heteroatoms. The van der Waals surface area contributed by atoms with Gasteiger partial charge in [0.1, 0.15) is 5.75 Å². The Morgan fingerprint density at radius 1 is 1.09 bits per heavy atom. The van der Waals surface area contributed by atoms with Gasteiger partial charge in [0.05, 0.1) is 0 Å². The SMILES string of the molecule is O=C1c2ccc(O)cc2CCCN1CCCc1ccccc1. The van der Waals surface area contributed by atoms with Crippen LogP contribution in [-0.4, -0.2) is 29.0 Å². The number of fused-ring (bicyclic) bond motifs is 1. The highest BCUT2D eigenvalue weighted by Crippen LogP contribution is 2.23. The van der Waals surface area contributed by atoms with E-state index in [0.29, 0.717) is 0 Å². The van der Waals surface area contributed by atoms with Gasteiger partial charge in [-0.25, -0.2) is 0 Å². The van der Waals surface area contributed by atoms with Gasteiger partial charge < -0.3 is 10.0 Å². The van der Waals surface area contributed by atoms with E-state index in [1.807, 2.05) is 11.0 Å². The third-order valence-corrected chi connectivity index (χ3v) is 4.22. The van der Waals surface area contributed by atoms with Crippen molar-refractivity contribution in [1.29, 1.82) is 0 Å². The minimum Gasteiger partial charge on any atom is -0.508 e. The van der Waals surface area contributed by atoms with E-state index in [9.17, 15) is 9.90 Å². The first kappa shape index (κ1) is 14.6. The molecule has 114 valence electrons. The number of carbonyl (C=O) groups excluding carboxylic acids is 1. The number of nitrogens with zero attached hydrogens (tertiary/aromatic N) is 1. The van der Waals surface area contributed by atoms with Gasteiger partial charge in [-0.1, -0.05) is 30.3 Å². The zero-order valence-electron chi connectivity index (χ0n) is 12.7. The molecule has 0 saturated carbocycles. The topological polar surface area (TPSA) is 40.5 Å². The van der Waals surface area contributed by atoms with Gasteiger partial charge in [-0.2, -0.15) is 0 Å². The van der Waals surface area contributed by atoms with Crippen LogP contribution in [0.15, 0.2) is 48.5 Å². The zero-order chi connectivity index (χ0) is 15.4. The first-order valence-corrected chi connectivity index (χ1v) is 7.89. The van der Waals surface area contributed by atoms with Crippen LogP contribution in [0.4, 0.5) is 0 Å². The summed E-state index contributed by atoms with van der Waals surface area (Å²) in [5.41, 5.74) is 3.03. The molecule has 3 rings (SSSR count). The average molecular weight is 295 g/mol. The Morgan fingerprint density at radius 3 is 2.73 bits per heavy atom. The minimum absolute atomic E-state index is 0.0977. The normalized spacial score (nSPS) is 14.5. The number of hydrogen-bond donors (Lipinski definition) is 1. The van der Waals surface area contributed by atoms with Gasteiger partial charge in [0.2, 0.25) is 0 Å². The van der Waals surface area contributed by atoms with Crippen molar-refractivity contribution in [2.24, 2.45) is 0 Å². The van der Waals surface area contributed by atoms with Gasteiger partial charge in [0.25, 0.3) is 5.91 Å². The Bertz CT molecular complexity index is 652. The highest BCUT2D eigenvalue weighted by molar-refractivity contribution is 5.96. The molecular weight excluding hydrogens is 274 g/mol. The van der Waals surface area contributed by atoms with Crippen molar-refractivity contribution in [3.8, 4) is 5.75 Å². The third-order valence-electron chi connectivity index (χ3n) is 4.22. The summed E-state index contributed by atoms with van der Waals surface area (Å²) in [6.45, 7) is 1.58. The molecule has 1 aliphatic heterocycles. The molecule has 1 amide bonds. The predicted octanol–water partition coefficient (Wildman–Crippen LogP) is 3.41. The number of rotatable bonds is 4. The second-order valence-electron chi connectivity index (χ2n) is 5.83. The number of phenolic OH excluding ortho intramolecular Hbond substituents is 1. The van der Waals surface area contributed by atoms with E-state index in [-0.39, 0.29) is 11.7 Å². The van der Waals surface area contributed by atoms with E-state index in [4.69, 9.17) is 0 Å². The molecule has 0 bridgehead atoms. The minimum atomic E-state index is 0.0977. The number of hydrogen-bond acceptors (Lipinski definition) is 2. The van der Waals surface area contributed by atoms with E-state index >= 15 is 0 Å². The van der Waals surface area contributed by atoms with Crippen LogP contribution in [0.3, 0.4) is 0 Å². The molecule has 1 N–H and O–H groups in total. The summed E-state index contributed by atoms with van der Waals surface area (Å²) in [4.78, 5) is 14.6. The first-order chi connectivity index (χ1) is 10.7. The Balaban J connectivity index is 1.64. The Hall–Kier alpha value is -2.29. The molecule has 0 atom stereocenters. The molecule has 1 heterocycles. The summed E-state index contributed by atoms with van der Waals surface area (Å²) in [6.07, 6.45) is 3.77. The maximum atomic E-state index is 12.6. The molecule has 1 aliphatic rings. The van der Waals surface area contributed by atoms with Crippen LogP contribution in [0.25, 0.3) is 0 Å². The largest absolute Gasteiger partial charge is 0.508 e. The second kappa shape index (κ2) is 6.65. The smallest absolute Gasteiger partial charge is 0.254 e. The van der Waals surface area contributed by atoms with Gasteiger partial charge in [-0.15, -0.1) is 0 Å². The third kappa shape index (κ3) is 3.30. The lowest BCUT2D eigenvalue weighted by atomic mass is 10.0. The number of aromatic hydroxyl groups is 1. The van der Waals surface area contributed by atoms with Gasteiger partial charge in [0.15, 0.2) is 0 Å². The van der Waals surface area contributed by atoms with Crippen LogP contribution >= 0.6 is 0 Å². The number of phenols is 1. The molecule has 2 aromatic rings. The van der Waals surface area contributed by atoms with Crippen LogP contribution < -0.4 is 0 Å². The zero-order valence-corrected chi connectivity index (χ0v) is 12.7. The summed E-state index contributed by atoms with van der Waals surface area (Å²) in [7, 11) is 0. The van der Waals surface area contributed by atoms with Gasteiger partial charge in [-0.3, -0.25) is 4.79 Å². The summed E-state index contributed by atoms with van der Waals surface area (Å²) in [6, 6.07) is 15.5. The fourth-order valence-electron chi connectivity index (χ4n) is 3.06. The van der Waals surface area contributed by atoms with Gasteiger partial charge in [-0.05, 0) is 55.0 Å². The number of aryl methyl sites for hydroxylation is 2. The molecule has 3 nitrogen and oxygen atoms in total. The summed E-state index contributed by atoms with van der Waals surface area (Å²) in [5, 5.41) is 9.57. The fourth-order valence-corrected chi connectivity index (χ4v) is 3.06. The molecule has 22 heavy (non-hydrogen) atoms. The van der Waals surface area contributed by atoms with Crippen LogP contribution in [-0.2, 0) is 12.8 Å². The van der Waals surface area contributed by atoms with E-state index in [1.165, 1.54) is 5.56 Å². The predicted molar refractivity (Wildman–Crippen MR) is 87.1 cm³/mol. The lowest BCUT2D eigenvalue weighted by Crippen LogP contribution is -2.32. The monoisotopic (exact) mass is 295 g/mol.